The lowest BCUT2D eigenvalue weighted by Crippen LogP contribution is -2.20. The zero-order valence-corrected chi connectivity index (χ0v) is 14.3. The van der Waals surface area contributed by atoms with Gasteiger partial charge < -0.3 is 19.4 Å². The van der Waals surface area contributed by atoms with E-state index >= 15 is 0 Å². The van der Waals surface area contributed by atoms with Crippen molar-refractivity contribution in [2.75, 3.05) is 6.79 Å². The van der Waals surface area contributed by atoms with Crippen LogP contribution in [0.15, 0.2) is 61.2 Å². The number of amides is 1. The summed E-state index contributed by atoms with van der Waals surface area (Å²) in [5.41, 5.74) is 1.90. The number of hydrogen-bond donors (Lipinski definition) is 1. The molecule has 0 saturated heterocycles. The van der Waals surface area contributed by atoms with Gasteiger partial charge in [-0.3, -0.25) is 4.79 Å². The predicted molar refractivity (Wildman–Crippen MR) is 97.0 cm³/mol. The van der Waals surface area contributed by atoms with Crippen LogP contribution < -0.4 is 14.8 Å². The van der Waals surface area contributed by atoms with Gasteiger partial charge >= 0.3 is 0 Å². The Balaban J connectivity index is 1.36. The SMILES string of the molecule is O=C(C=Cc1ccc2c(c1)OCO2)NCc1ccc(-n2ccnc2)c(F)c1. The highest BCUT2D eigenvalue weighted by atomic mass is 19.1. The Bertz CT molecular complexity index is 1000. The van der Waals surface area contributed by atoms with Crippen molar-refractivity contribution in [2.24, 2.45) is 0 Å². The third-order valence-electron chi connectivity index (χ3n) is 4.09. The molecule has 0 atom stereocenters. The number of fused-ring (bicyclic) bond motifs is 1. The van der Waals surface area contributed by atoms with Gasteiger partial charge in [0.15, 0.2) is 11.5 Å². The third-order valence-corrected chi connectivity index (χ3v) is 4.09. The Morgan fingerprint density at radius 3 is 2.93 bits per heavy atom. The number of imidazole rings is 1. The molecule has 0 aliphatic carbocycles. The van der Waals surface area contributed by atoms with Gasteiger partial charge in [0.25, 0.3) is 0 Å². The molecule has 0 unspecified atom stereocenters. The van der Waals surface area contributed by atoms with E-state index in [1.807, 2.05) is 6.07 Å². The van der Waals surface area contributed by atoms with Crippen molar-refractivity contribution in [3.05, 3.63) is 78.1 Å². The van der Waals surface area contributed by atoms with Gasteiger partial charge in [0.2, 0.25) is 12.7 Å². The summed E-state index contributed by atoms with van der Waals surface area (Å²) >= 11 is 0. The number of carbonyl (C=O) groups excluding carboxylic acids is 1. The Labute approximate surface area is 154 Å². The molecule has 136 valence electrons. The molecule has 4 rings (SSSR count). The third kappa shape index (κ3) is 3.82. The molecule has 0 fully saturated rings. The fraction of sp³-hybridized carbons (Fsp3) is 0.100. The molecule has 2 aromatic carbocycles. The average Bonchev–Trinajstić information content (AvgIpc) is 3.36. The van der Waals surface area contributed by atoms with Crippen molar-refractivity contribution >= 4 is 12.0 Å². The largest absolute Gasteiger partial charge is 0.454 e. The number of benzene rings is 2. The first-order valence-electron chi connectivity index (χ1n) is 8.31. The average molecular weight is 365 g/mol. The molecule has 7 heteroatoms. The zero-order valence-electron chi connectivity index (χ0n) is 14.3. The fourth-order valence-corrected chi connectivity index (χ4v) is 2.71. The number of nitrogens with one attached hydrogen (secondary N) is 1. The van der Waals surface area contributed by atoms with Crippen molar-refractivity contribution in [3.8, 4) is 17.2 Å². The van der Waals surface area contributed by atoms with E-state index < -0.39 is 0 Å². The van der Waals surface area contributed by atoms with E-state index in [9.17, 15) is 9.18 Å². The van der Waals surface area contributed by atoms with Gasteiger partial charge in [-0.25, -0.2) is 9.37 Å². The quantitative estimate of drug-likeness (QED) is 0.706. The Hall–Kier alpha value is -3.61. The van der Waals surface area contributed by atoms with Crippen LogP contribution in [0.25, 0.3) is 11.8 Å². The molecule has 1 aliphatic rings. The van der Waals surface area contributed by atoms with Crippen LogP contribution in [0.2, 0.25) is 0 Å². The van der Waals surface area contributed by atoms with E-state index in [2.05, 4.69) is 10.3 Å². The van der Waals surface area contributed by atoms with Crippen molar-refractivity contribution in [1.82, 2.24) is 14.9 Å². The number of nitrogens with zero attached hydrogens (tertiary/aromatic N) is 2. The van der Waals surface area contributed by atoms with Crippen LogP contribution in [0.1, 0.15) is 11.1 Å². The van der Waals surface area contributed by atoms with Gasteiger partial charge in [-0.2, -0.15) is 0 Å². The minimum absolute atomic E-state index is 0.208. The summed E-state index contributed by atoms with van der Waals surface area (Å²) in [5.74, 6) is 0.700. The number of carbonyl (C=O) groups is 1. The first-order chi connectivity index (χ1) is 13.2. The number of halogens is 1. The van der Waals surface area contributed by atoms with Crippen molar-refractivity contribution in [3.63, 3.8) is 0 Å². The first-order valence-corrected chi connectivity index (χ1v) is 8.31. The van der Waals surface area contributed by atoms with Gasteiger partial charge in [0.05, 0.1) is 12.0 Å². The lowest BCUT2D eigenvalue weighted by Gasteiger charge is -2.07. The van der Waals surface area contributed by atoms with Crippen LogP contribution >= 0.6 is 0 Å². The van der Waals surface area contributed by atoms with Gasteiger partial charge in [-0.05, 0) is 41.5 Å². The van der Waals surface area contributed by atoms with Crippen LogP contribution in [0.4, 0.5) is 4.39 Å². The molecule has 27 heavy (non-hydrogen) atoms. The molecule has 0 radical (unpaired) electrons. The standard InChI is InChI=1S/C20H16FN3O3/c21-16-9-15(1-4-17(16)24-8-7-22-12-24)11-23-20(25)6-3-14-2-5-18-19(10-14)27-13-26-18/h1-10,12H,11,13H2,(H,23,25). The van der Waals surface area contributed by atoms with Gasteiger partial charge in [-0.1, -0.05) is 12.1 Å². The molecule has 1 amide bonds. The topological polar surface area (TPSA) is 65.4 Å². The smallest absolute Gasteiger partial charge is 0.244 e. The molecule has 3 aromatic rings. The van der Waals surface area contributed by atoms with Crippen LogP contribution in [0, 0.1) is 5.82 Å². The second-order valence-corrected chi connectivity index (χ2v) is 5.92. The molecule has 1 aromatic heterocycles. The summed E-state index contributed by atoms with van der Waals surface area (Å²) in [5, 5.41) is 2.74. The molecule has 1 N–H and O–H groups in total. The minimum atomic E-state index is -0.379. The highest BCUT2D eigenvalue weighted by molar-refractivity contribution is 5.91. The molecular formula is C20H16FN3O3. The van der Waals surface area contributed by atoms with Crippen LogP contribution in [-0.4, -0.2) is 22.3 Å². The summed E-state index contributed by atoms with van der Waals surface area (Å²) < 4.78 is 26.4. The van der Waals surface area contributed by atoms with E-state index in [1.54, 1.807) is 47.3 Å². The van der Waals surface area contributed by atoms with E-state index in [4.69, 9.17) is 9.47 Å². The van der Waals surface area contributed by atoms with Crippen molar-refractivity contribution in [1.29, 1.82) is 0 Å². The Kier molecular flexibility index (Phi) is 4.57. The number of ether oxygens (including phenoxy) is 2. The fourth-order valence-electron chi connectivity index (χ4n) is 2.71. The maximum Gasteiger partial charge on any atom is 0.244 e. The van der Waals surface area contributed by atoms with E-state index in [0.717, 1.165) is 5.56 Å². The summed E-state index contributed by atoms with van der Waals surface area (Å²) in [6.45, 7) is 0.435. The zero-order chi connectivity index (χ0) is 18.6. The molecule has 0 spiro atoms. The Morgan fingerprint density at radius 2 is 2.11 bits per heavy atom. The lowest BCUT2D eigenvalue weighted by molar-refractivity contribution is -0.116. The molecule has 2 heterocycles. The second-order valence-electron chi connectivity index (χ2n) is 5.92. The minimum Gasteiger partial charge on any atom is -0.454 e. The van der Waals surface area contributed by atoms with Crippen LogP contribution in [0.5, 0.6) is 11.5 Å². The monoisotopic (exact) mass is 365 g/mol. The predicted octanol–water partition coefficient (Wildman–Crippen LogP) is 3.07. The molecule has 6 nitrogen and oxygen atoms in total. The maximum absolute atomic E-state index is 14.2. The van der Waals surface area contributed by atoms with Gasteiger partial charge in [-0.15, -0.1) is 0 Å². The van der Waals surface area contributed by atoms with Crippen molar-refractivity contribution < 1.29 is 18.7 Å². The summed E-state index contributed by atoms with van der Waals surface area (Å²) in [6, 6.07) is 10.3. The van der Waals surface area contributed by atoms with E-state index in [-0.39, 0.29) is 25.1 Å². The molecule has 0 saturated carbocycles. The van der Waals surface area contributed by atoms with E-state index in [1.165, 1.54) is 18.5 Å². The van der Waals surface area contributed by atoms with E-state index in [0.29, 0.717) is 22.7 Å². The number of hydrogen-bond acceptors (Lipinski definition) is 4. The van der Waals surface area contributed by atoms with Crippen LogP contribution in [0.3, 0.4) is 0 Å². The lowest BCUT2D eigenvalue weighted by atomic mass is 10.1. The van der Waals surface area contributed by atoms with Gasteiger partial charge in [0, 0.05) is 25.0 Å². The number of aromatic nitrogens is 2. The summed E-state index contributed by atoms with van der Waals surface area (Å²) in [6.07, 6.45) is 7.88. The maximum atomic E-state index is 14.2. The normalized spacial score (nSPS) is 12.5. The van der Waals surface area contributed by atoms with Crippen LogP contribution in [-0.2, 0) is 11.3 Å². The molecule has 0 bridgehead atoms. The Morgan fingerprint density at radius 1 is 1.22 bits per heavy atom. The second kappa shape index (κ2) is 7.33. The highest BCUT2D eigenvalue weighted by Gasteiger charge is 2.12. The number of rotatable bonds is 5. The first kappa shape index (κ1) is 16.8. The molecular weight excluding hydrogens is 349 g/mol. The summed E-state index contributed by atoms with van der Waals surface area (Å²) in [4.78, 5) is 15.9. The molecule has 1 aliphatic heterocycles. The van der Waals surface area contributed by atoms with Crippen molar-refractivity contribution in [2.45, 2.75) is 6.54 Å². The summed E-state index contributed by atoms with van der Waals surface area (Å²) in [7, 11) is 0. The van der Waals surface area contributed by atoms with Gasteiger partial charge in [0.1, 0.15) is 5.82 Å². The highest BCUT2D eigenvalue weighted by Crippen LogP contribution is 2.32.